The molecule has 0 aliphatic heterocycles. The molecule has 0 spiro atoms. The number of nitrogens with zero attached hydrogens (tertiary/aromatic N) is 3. The standard InChI is InChI=1S/C14H16N3.C2H4O2/c1-16-10-8-13(9-11-16)12-15-17(2)14-6-4-3-5-7-14;1-2(3)4/h3-12H,1-2H3;1H3,(H,3,4)/q+1;/p-1. The smallest absolute Gasteiger partial charge is 0.169 e. The normalized spacial score (nSPS) is 9.86. The van der Waals surface area contributed by atoms with Crippen molar-refractivity contribution in [1.82, 2.24) is 0 Å². The van der Waals surface area contributed by atoms with Crippen molar-refractivity contribution in [1.29, 1.82) is 0 Å². The van der Waals surface area contributed by atoms with E-state index in [1.807, 2.05) is 84.7 Å². The molecule has 5 heteroatoms. The summed E-state index contributed by atoms with van der Waals surface area (Å²) >= 11 is 0. The molecule has 1 aromatic carbocycles. The number of hydrogen-bond acceptors (Lipinski definition) is 4. The van der Waals surface area contributed by atoms with Gasteiger partial charge in [0.2, 0.25) is 0 Å². The number of hydrogen-bond donors (Lipinski definition) is 0. The number of para-hydroxylation sites is 1. The van der Waals surface area contributed by atoms with Gasteiger partial charge in [0.1, 0.15) is 7.05 Å². The number of carboxylic acid groups (broad SMARTS) is 1. The summed E-state index contributed by atoms with van der Waals surface area (Å²) < 4.78 is 2.00. The fourth-order valence-electron chi connectivity index (χ4n) is 1.46. The maximum Gasteiger partial charge on any atom is 0.169 e. The lowest BCUT2D eigenvalue weighted by atomic mass is 10.3. The van der Waals surface area contributed by atoms with E-state index in [1.165, 1.54) is 0 Å². The molecule has 0 aliphatic rings. The first-order chi connectivity index (χ1) is 9.99. The molecule has 110 valence electrons. The number of aryl methyl sites for hydroxylation is 1. The summed E-state index contributed by atoms with van der Waals surface area (Å²) in [4.78, 5) is 8.89. The molecule has 0 atom stereocenters. The summed E-state index contributed by atoms with van der Waals surface area (Å²) in [7, 11) is 3.94. The van der Waals surface area contributed by atoms with Crippen molar-refractivity contribution in [2.45, 2.75) is 6.92 Å². The fraction of sp³-hybridized carbons (Fsp3) is 0.188. The molecule has 1 heterocycles. The number of carbonyl (C=O) groups is 1. The molecule has 5 nitrogen and oxygen atoms in total. The minimum absolute atomic E-state index is 0.972. The summed E-state index contributed by atoms with van der Waals surface area (Å²) in [6, 6.07) is 14.1. The molecule has 0 N–H and O–H groups in total. The number of aliphatic carboxylic acids is 1. The van der Waals surface area contributed by atoms with E-state index in [1.54, 1.807) is 0 Å². The lowest BCUT2D eigenvalue weighted by molar-refractivity contribution is -0.671. The largest absolute Gasteiger partial charge is 0.550 e. The third-order valence-corrected chi connectivity index (χ3v) is 2.51. The quantitative estimate of drug-likeness (QED) is 0.475. The van der Waals surface area contributed by atoms with Crippen molar-refractivity contribution >= 4 is 17.9 Å². The van der Waals surface area contributed by atoms with E-state index in [4.69, 9.17) is 9.90 Å². The van der Waals surface area contributed by atoms with E-state index < -0.39 is 5.97 Å². The number of hydrazone groups is 1. The van der Waals surface area contributed by atoms with Gasteiger partial charge in [0, 0.05) is 30.7 Å². The van der Waals surface area contributed by atoms with Gasteiger partial charge in [-0.1, -0.05) is 18.2 Å². The van der Waals surface area contributed by atoms with E-state index in [9.17, 15) is 0 Å². The van der Waals surface area contributed by atoms with Crippen LogP contribution < -0.4 is 14.7 Å². The van der Waals surface area contributed by atoms with E-state index in [0.29, 0.717) is 0 Å². The second-order valence-corrected chi connectivity index (χ2v) is 4.39. The monoisotopic (exact) mass is 285 g/mol. The van der Waals surface area contributed by atoms with Crippen LogP contribution >= 0.6 is 0 Å². The van der Waals surface area contributed by atoms with Crippen LogP contribution in [-0.4, -0.2) is 19.2 Å². The predicted molar refractivity (Wildman–Crippen MR) is 80.7 cm³/mol. The third-order valence-electron chi connectivity index (χ3n) is 2.51. The highest BCUT2D eigenvalue weighted by Crippen LogP contribution is 2.10. The molecule has 0 saturated heterocycles. The Kier molecular flexibility index (Phi) is 6.60. The molecule has 0 aliphatic carbocycles. The van der Waals surface area contributed by atoms with Crippen LogP contribution in [0.15, 0.2) is 60.0 Å². The Labute approximate surface area is 124 Å². The molecule has 0 amide bonds. The fourth-order valence-corrected chi connectivity index (χ4v) is 1.46. The molecule has 0 bridgehead atoms. The van der Waals surface area contributed by atoms with Crippen LogP contribution in [-0.2, 0) is 11.8 Å². The molecule has 2 aromatic rings. The highest BCUT2D eigenvalue weighted by Gasteiger charge is 1.96. The average Bonchev–Trinajstić information content (AvgIpc) is 2.47. The van der Waals surface area contributed by atoms with Crippen LogP contribution in [0.3, 0.4) is 0 Å². The highest BCUT2D eigenvalue weighted by atomic mass is 16.4. The second-order valence-electron chi connectivity index (χ2n) is 4.39. The zero-order valence-corrected chi connectivity index (χ0v) is 12.4. The number of rotatable bonds is 3. The summed E-state index contributed by atoms with van der Waals surface area (Å²) in [6.07, 6.45) is 5.86. The number of carbonyl (C=O) groups excluding carboxylic acids is 1. The molecule has 2 rings (SSSR count). The van der Waals surface area contributed by atoms with E-state index in [2.05, 4.69) is 5.10 Å². The molecule has 21 heavy (non-hydrogen) atoms. The van der Waals surface area contributed by atoms with Gasteiger partial charge >= 0.3 is 0 Å². The first kappa shape index (κ1) is 16.4. The molecule has 1 aromatic heterocycles. The Morgan fingerprint density at radius 3 is 2.24 bits per heavy atom. The van der Waals surface area contributed by atoms with Gasteiger partial charge in [-0.15, -0.1) is 0 Å². The topological polar surface area (TPSA) is 59.6 Å². The van der Waals surface area contributed by atoms with Crippen molar-refractivity contribution in [3.05, 3.63) is 60.4 Å². The van der Waals surface area contributed by atoms with Crippen molar-refractivity contribution in [2.24, 2.45) is 12.1 Å². The summed E-state index contributed by atoms with van der Waals surface area (Å²) in [5.41, 5.74) is 2.16. The van der Waals surface area contributed by atoms with Gasteiger partial charge in [-0.25, -0.2) is 4.57 Å². The van der Waals surface area contributed by atoms with Crippen LogP contribution in [0.25, 0.3) is 0 Å². The number of aromatic nitrogens is 1. The molecule has 0 unspecified atom stereocenters. The van der Waals surface area contributed by atoms with Gasteiger partial charge in [-0.05, 0) is 19.1 Å². The zero-order chi connectivity index (χ0) is 15.7. The number of anilines is 1. The SMILES string of the molecule is CC(=O)[O-].CN(N=Cc1cc[n+](C)cc1)c1ccccc1. The maximum absolute atomic E-state index is 8.89. The van der Waals surface area contributed by atoms with Gasteiger partial charge in [0.05, 0.1) is 11.9 Å². The van der Waals surface area contributed by atoms with Crippen LogP contribution in [0, 0.1) is 0 Å². The number of benzene rings is 1. The van der Waals surface area contributed by atoms with Crippen LogP contribution in [0.2, 0.25) is 0 Å². The van der Waals surface area contributed by atoms with Crippen molar-refractivity contribution in [3.8, 4) is 0 Å². The Morgan fingerprint density at radius 2 is 1.71 bits per heavy atom. The van der Waals surface area contributed by atoms with Crippen LogP contribution in [0.1, 0.15) is 12.5 Å². The molecule has 0 radical (unpaired) electrons. The molecular weight excluding hydrogens is 266 g/mol. The van der Waals surface area contributed by atoms with Gasteiger partial charge in [-0.3, -0.25) is 5.01 Å². The number of carboxylic acids is 1. The Balaban J connectivity index is 0.000000491. The summed E-state index contributed by atoms with van der Waals surface area (Å²) in [5.74, 6) is -1.08. The number of pyridine rings is 1. The van der Waals surface area contributed by atoms with Gasteiger partial charge < -0.3 is 9.90 Å². The van der Waals surface area contributed by atoms with Crippen LogP contribution in [0.4, 0.5) is 5.69 Å². The Bertz CT molecular complexity index is 576. The first-order valence-electron chi connectivity index (χ1n) is 6.44. The summed E-state index contributed by atoms with van der Waals surface area (Å²) in [6.45, 7) is 0.972. The van der Waals surface area contributed by atoms with Gasteiger partial charge in [0.15, 0.2) is 12.4 Å². The lowest BCUT2D eigenvalue weighted by Crippen LogP contribution is -2.25. The molecule has 0 saturated carbocycles. The van der Waals surface area contributed by atoms with Crippen molar-refractivity contribution < 1.29 is 14.5 Å². The van der Waals surface area contributed by atoms with E-state index in [-0.39, 0.29) is 0 Å². The Hall–Kier alpha value is -2.69. The Morgan fingerprint density at radius 1 is 1.19 bits per heavy atom. The predicted octanol–water partition coefficient (Wildman–Crippen LogP) is 0.738. The summed E-state index contributed by atoms with van der Waals surface area (Å²) in [5, 5.41) is 15.1. The van der Waals surface area contributed by atoms with Gasteiger partial charge in [-0.2, -0.15) is 5.10 Å². The minimum atomic E-state index is -1.08. The minimum Gasteiger partial charge on any atom is -0.550 e. The average molecular weight is 285 g/mol. The zero-order valence-electron chi connectivity index (χ0n) is 12.4. The molecular formula is C16H19N3O2. The lowest BCUT2D eigenvalue weighted by Gasteiger charge is -2.11. The van der Waals surface area contributed by atoms with E-state index in [0.717, 1.165) is 18.2 Å². The van der Waals surface area contributed by atoms with Crippen LogP contribution in [0.5, 0.6) is 0 Å². The van der Waals surface area contributed by atoms with Crippen molar-refractivity contribution in [2.75, 3.05) is 12.1 Å². The first-order valence-corrected chi connectivity index (χ1v) is 6.44. The second kappa shape index (κ2) is 8.47. The van der Waals surface area contributed by atoms with Crippen molar-refractivity contribution in [3.63, 3.8) is 0 Å². The molecule has 0 fully saturated rings. The third kappa shape index (κ3) is 6.87. The maximum atomic E-state index is 8.89. The van der Waals surface area contributed by atoms with Gasteiger partial charge in [0.25, 0.3) is 0 Å². The highest BCUT2D eigenvalue weighted by molar-refractivity contribution is 5.79. The van der Waals surface area contributed by atoms with E-state index >= 15 is 0 Å².